The molecule has 3 rings (SSSR count). The van der Waals surface area contributed by atoms with Crippen molar-refractivity contribution < 1.29 is 9.32 Å². The van der Waals surface area contributed by atoms with Gasteiger partial charge in [0.15, 0.2) is 11.6 Å². The fourth-order valence-electron chi connectivity index (χ4n) is 2.92. The minimum Gasteiger partial charge on any atom is -0.339 e. The van der Waals surface area contributed by atoms with Crippen LogP contribution in [-0.2, 0) is 6.54 Å². The maximum absolute atomic E-state index is 11.3. The van der Waals surface area contributed by atoms with Gasteiger partial charge in [0.25, 0.3) is 0 Å². The number of ketones is 1. The lowest BCUT2D eigenvalue weighted by atomic mass is 9.96. The van der Waals surface area contributed by atoms with E-state index in [-0.39, 0.29) is 5.78 Å². The van der Waals surface area contributed by atoms with Crippen molar-refractivity contribution >= 4 is 5.78 Å². The van der Waals surface area contributed by atoms with Gasteiger partial charge in [0.2, 0.25) is 5.89 Å². The number of rotatable bonds is 4. The van der Waals surface area contributed by atoms with Gasteiger partial charge in [-0.05, 0) is 45.3 Å². The standard InChI is InChI=1S/C17H21N3O2/c1-12(21)15-5-3-14(4-6-15)11-20-9-7-16(8-10-20)17-18-13(2)19-22-17/h3-6,16H,7-11H2,1-2H3. The molecule has 1 saturated heterocycles. The largest absolute Gasteiger partial charge is 0.339 e. The first-order valence-corrected chi connectivity index (χ1v) is 7.74. The molecule has 1 aromatic carbocycles. The summed E-state index contributed by atoms with van der Waals surface area (Å²) in [7, 11) is 0. The molecule has 0 aliphatic carbocycles. The number of nitrogens with zero attached hydrogens (tertiary/aromatic N) is 3. The van der Waals surface area contributed by atoms with Crippen LogP contribution in [0, 0.1) is 6.92 Å². The van der Waals surface area contributed by atoms with Crippen molar-refractivity contribution in [1.29, 1.82) is 0 Å². The second-order valence-electron chi connectivity index (χ2n) is 5.98. The van der Waals surface area contributed by atoms with E-state index in [1.54, 1.807) is 6.92 Å². The molecule has 5 heteroatoms. The molecule has 1 aliphatic heterocycles. The highest BCUT2D eigenvalue weighted by Gasteiger charge is 2.24. The number of Topliss-reactive ketones (excluding diaryl/α,β-unsaturated/α-hetero) is 1. The van der Waals surface area contributed by atoms with Crippen molar-refractivity contribution in [2.75, 3.05) is 13.1 Å². The summed E-state index contributed by atoms with van der Waals surface area (Å²) < 4.78 is 5.28. The summed E-state index contributed by atoms with van der Waals surface area (Å²) >= 11 is 0. The van der Waals surface area contributed by atoms with Crippen molar-refractivity contribution in [2.45, 2.75) is 39.2 Å². The molecule has 0 atom stereocenters. The van der Waals surface area contributed by atoms with Crippen LogP contribution in [0.25, 0.3) is 0 Å². The molecule has 0 amide bonds. The number of hydrogen-bond acceptors (Lipinski definition) is 5. The first-order chi connectivity index (χ1) is 10.6. The van der Waals surface area contributed by atoms with Gasteiger partial charge in [0.05, 0.1) is 0 Å². The number of aromatic nitrogens is 2. The summed E-state index contributed by atoms with van der Waals surface area (Å²) in [6.07, 6.45) is 2.10. The average Bonchev–Trinajstić information content (AvgIpc) is 2.95. The lowest BCUT2D eigenvalue weighted by Gasteiger charge is -2.30. The smallest absolute Gasteiger partial charge is 0.229 e. The van der Waals surface area contributed by atoms with Crippen molar-refractivity contribution in [3.05, 3.63) is 47.1 Å². The zero-order chi connectivity index (χ0) is 15.5. The zero-order valence-corrected chi connectivity index (χ0v) is 13.1. The van der Waals surface area contributed by atoms with Crippen LogP contribution in [0.1, 0.15) is 53.3 Å². The van der Waals surface area contributed by atoms with Crippen LogP contribution in [0.3, 0.4) is 0 Å². The molecule has 0 N–H and O–H groups in total. The summed E-state index contributed by atoms with van der Waals surface area (Å²) in [5, 5.41) is 3.87. The first kappa shape index (κ1) is 14.9. The Hall–Kier alpha value is -2.01. The number of likely N-dealkylation sites (tertiary alicyclic amines) is 1. The lowest BCUT2D eigenvalue weighted by Crippen LogP contribution is -2.32. The quantitative estimate of drug-likeness (QED) is 0.812. The van der Waals surface area contributed by atoms with Crippen LogP contribution in [0.15, 0.2) is 28.8 Å². The van der Waals surface area contributed by atoms with Gasteiger partial charge in [-0.15, -0.1) is 0 Å². The second-order valence-corrected chi connectivity index (χ2v) is 5.98. The summed E-state index contributed by atoms with van der Waals surface area (Å²) in [5.41, 5.74) is 2.02. The molecule has 0 spiro atoms. The Kier molecular flexibility index (Phi) is 4.34. The molecule has 5 nitrogen and oxygen atoms in total. The topological polar surface area (TPSA) is 59.2 Å². The Morgan fingerprint density at radius 3 is 2.50 bits per heavy atom. The second kappa shape index (κ2) is 6.40. The molecule has 22 heavy (non-hydrogen) atoms. The van der Waals surface area contributed by atoms with Crippen LogP contribution in [0.2, 0.25) is 0 Å². The van der Waals surface area contributed by atoms with Crippen LogP contribution in [0.5, 0.6) is 0 Å². The molecular weight excluding hydrogens is 278 g/mol. The Balaban J connectivity index is 1.54. The van der Waals surface area contributed by atoms with Gasteiger partial charge in [0, 0.05) is 18.0 Å². The third-order valence-electron chi connectivity index (χ3n) is 4.25. The highest BCUT2D eigenvalue weighted by Crippen LogP contribution is 2.27. The van der Waals surface area contributed by atoms with Crippen LogP contribution in [-0.4, -0.2) is 33.9 Å². The first-order valence-electron chi connectivity index (χ1n) is 7.74. The van der Waals surface area contributed by atoms with Crippen LogP contribution < -0.4 is 0 Å². The third kappa shape index (κ3) is 3.42. The summed E-state index contributed by atoms with van der Waals surface area (Å²) in [5.74, 6) is 1.99. The van der Waals surface area contributed by atoms with Gasteiger partial charge < -0.3 is 4.52 Å². The average molecular weight is 299 g/mol. The molecule has 0 bridgehead atoms. The molecular formula is C17H21N3O2. The van der Waals surface area contributed by atoms with Gasteiger partial charge in [-0.1, -0.05) is 29.4 Å². The summed E-state index contributed by atoms with van der Waals surface area (Å²) in [4.78, 5) is 18.1. The minimum absolute atomic E-state index is 0.113. The Morgan fingerprint density at radius 2 is 1.95 bits per heavy atom. The third-order valence-corrected chi connectivity index (χ3v) is 4.25. The lowest BCUT2D eigenvalue weighted by molar-refractivity contribution is 0.101. The predicted molar refractivity (Wildman–Crippen MR) is 82.7 cm³/mol. The van der Waals surface area contributed by atoms with E-state index >= 15 is 0 Å². The van der Waals surface area contributed by atoms with Gasteiger partial charge in [-0.25, -0.2) is 0 Å². The molecule has 2 aromatic rings. The van der Waals surface area contributed by atoms with Crippen molar-refractivity contribution in [3.8, 4) is 0 Å². The fourth-order valence-corrected chi connectivity index (χ4v) is 2.92. The van der Waals surface area contributed by atoms with Crippen molar-refractivity contribution in [2.24, 2.45) is 0 Å². The molecule has 2 heterocycles. The van der Waals surface area contributed by atoms with E-state index in [2.05, 4.69) is 15.0 Å². The zero-order valence-electron chi connectivity index (χ0n) is 13.1. The monoisotopic (exact) mass is 299 g/mol. The molecule has 1 fully saturated rings. The van der Waals surface area contributed by atoms with Gasteiger partial charge in [0.1, 0.15) is 0 Å². The number of piperidine rings is 1. The molecule has 116 valence electrons. The van der Waals surface area contributed by atoms with Crippen molar-refractivity contribution in [3.63, 3.8) is 0 Å². The van der Waals surface area contributed by atoms with E-state index in [0.29, 0.717) is 11.7 Å². The van der Waals surface area contributed by atoms with Gasteiger partial charge in [-0.3, -0.25) is 9.69 Å². The molecule has 0 unspecified atom stereocenters. The van der Waals surface area contributed by atoms with E-state index in [9.17, 15) is 4.79 Å². The molecule has 1 aliphatic rings. The van der Waals surface area contributed by atoms with Crippen molar-refractivity contribution in [1.82, 2.24) is 15.0 Å². The Morgan fingerprint density at radius 1 is 1.27 bits per heavy atom. The van der Waals surface area contributed by atoms with E-state index in [1.165, 1.54) is 5.56 Å². The van der Waals surface area contributed by atoms with E-state index in [0.717, 1.165) is 43.9 Å². The minimum atomic E-state index is 0.113. The van der Waals surface area contributed by atoms with Gasteiger partial charge >= 0.3 is 0 Å². The molecule has 1 aromatic heterocycles. The number of aryl methyl sites for hydroxylation is 1. The Labute approximate surface area is 130 Å². The molecule has 0 saturated carbocycles. The highest BCUT2D eigenvalue weighted by molar-refractivity contribution is 5.93. The SMILES string of the molecule is CC(=O)c1ccc(CN2CCC(c3nc(C)no3)CC2)cc1. The maximum Gasteiger partial charge on any atom is 0.229 e. The predicted octanol–water partition coefficient (Wildman–Crippen LogP) is 2.96. The fraction of sp³-hybridized carbons (Fsp3) is 0.471. The molecule has 0 radical (unpaired) electrons. The number of benzene rings is 1. The van der Waals surface area contributed by atoms with Gasteiger partial charge in [-0.2, -0.15) is 4.98 Å². The van der Waals surface area contributed by atoms with Crippen LogP contribution in [0.4, 0.5) is 0 Å². The van der Waals surface area contributed by atoms with E-state index in [4.69, 9.17) is 4.52 Å². The Bertz CT molecular complexity index is 640. The summed E-state index contributed by atoms with van der Waals surface area (Å²) in [6, 6.07) is 7.91. The summed E-state index contributed by atoms with van der Waals surface area (Å²) in [6.45, 7) is 6.43. The van der Waals surface area contributed by atoms with E-state index < -0.39 is 0 Å². The number of carbonyl (C=O) groups is 1. The number of hydrogen-bond donors (Lipinski definition) is 0. The van der Waals surface area contributed by atoms with E-state index in [1.807, 2.05) is 31.2 Å². The van der Waals surface area contributed by atoms with Crippen LogP contribution >= 0.6 is 0 Å². The number of carbonyl (C=O) groups excluding carboxylic acids is 1. The highest BCUT2D eigenvalue weighted by atomic mass is 16.5. The maximum atomic E-state index is 11.3. The normalized spacial score (nSPS) is 16.8.